The van der Waals surface area contributed by atoms with E-state index < -0.39 is 15.0 Å². The molecule has 0 fully saturated rings. The molecule has 0 radical (unpaired) electrons. The van der Waals surface area contributed by atoms with Crippen molar-refractivity contribution >= 4 is 15.9 Å². The molecule has 1 heterocycles. The van der Waals surface area contributed by atoms with Gasteiger partial charge in [-0.2, -0.15) is 8.42 Å². The second-order valence-electron chi connectivity index (χ2n) is 1.75. The maximum absolute atomic E-state index is 10.4. The van der Waals surface area contributed by atoms with E-state index in [9.17, 15) is 8.42 Å². The van der Waals surface area contributed by atoms with Gasteiger partial charge < -0.3 is 5.73 Å². The van der Waals surface area contributed by atoms with Crippen LogP contribution < -0.4 is 5.73 Å². The first-order valence-corrected chi connectivity index (χ1v) is 3.99. The monoisotopic (exact) mass is 175 g/mol. The van der Waals surface area contributed by atoms with Crippen molar-refractivity contribution in [2.24, 2.45) is 0 Å². The minimum atomic E-state index is -4.28. The smallest absolute Gasteiger partial charge is 0.299 e. The summed E-state index contributed by atoms with van der Waals surface area (Å²) in [5, 5.41) is 0. The van der Waals surface area contributed by atoms with Crippen molar-refractivity contribution in [2.75, 3.05) is 5.73 Å². The summed E-state index contributed by atoms with van der Waals surface area (Å²) in [5.74, 6) is -0.262. The predicted octanol–water partition coefficient (Wildman–Crippen LogP) is -0.694. The number of hydrogen-bond acceptors (Lipinski definition) is 5. The van der Waals surface area contributed by atoms with Crippen LogP contribution in [0.2, 0.25) is 0 Å². The molecular weight excluding hydrogens is 170 g/mol. The second kappa shape index (κ2) is 2.44. The summed E-state index contributed by atoms with van der Waals surface area (Å²) in [6.07, 6.45) is 2.02. The molecule has 7 heteroatoms. The molecule has 0 saturated carbocycles. The zero-order chi connectivity index (χ0) is 8.48. The van der Waals surface area contributed by atoms with Gasteiger partial charge in [-0.1, -0.05) is 0 Å². The van der Waals surface area contributed by atoms with Crippen LogP contribution in [-0.2, 0) is 10.1 Å². The summed E-state index contributed by atoms with van der Waals surface area (Å²) in [5.41, 5.74) is 5.12. The molecule has 3 N–H and O–H groups in total. The van der Waals surface area contributed by atoms with Crippen LogP contribution in [0.4, 0.5) is 5.82 Å². The lowest BCUT2D eigenvalue weighted by atomic mass is 10.6. The standard InChI is InChI=1S/C4H5N3O3S/c5-4-3(11(8,9)10)1-6-2-7-4/h1-2H,(H2,5,6,7)(H,8,9,10). The first-order chi connectivity index (χ1) is 5.02. The third-order valence-electron chi connectivity index (χ3n) is 0.986. The van der Waals surface area contributed by atoms with Gasteiger partial charge in [0.2, 0.25) is 0 Å². The van der Waals surface area contributed by atoms with Crippen molar-refractivity contribution in [3.05, 3.63) is 12.5 Å². The lowest BCUT2D eigenvalue weighted by Gasteiger charge is -1.97. The Morgan fingerprint density at radius 3 is 2.55 bits per heavy atom. The number of aromatic nitrogens is 2. The van der Waals surface area contributed by atoms with Crippen molar-refractivity contribution in [3.8, 4) is 0 Å². The van der Waals surface area contributed by atoms with E-state index in [1.165, 1.54) is 0 Å². The van der Waals surface area contributed by atoms with Crippen LogP contribution in [-0.4, -0.2) is 22.9 Å². The Morgan fingerprint density at radius 2 is 2.18 bits per heavy atom. The average Bonchev–Trinajstić information content (AvgIpc) is 1.86. The molecule has 0 unspecified atom stereocenters. The summed E-state index contributed by atoms with van der Waals surface area (Å²) in [7, 11) is -4.28. The molecule has 0 spiro atoms. The minimum absolute atomic E-state index is 0.262. The Morgan fingerprint density at radius 1 is 1.55 bits per heavy atom. The number of nitrogens with two attached hydrogens (primary N) is 1. The van der Waals surface area contributed by atoms with Crippen molar-refractivity contribution in [2.45, 2.75) is 4.90 Å². The number of anilines is 1. The van der Waals surface area contributed by atoms with Crippen LogP contribution in [0.5, 0.6) is 0 Å². The van der Waals surface area contributed by atoms with Crippen molar-refractivity contribution in [1.29, 1.82) is 0 Å². The van der Waals surface area contributed by atoms with Crippen LogP contribution >= 0.6 is 0 Å². The third-order valence-corrected chi connectivity index (χ3v) is 1.86. The van der Waals surface area contributed by atoms with Gasteiger partial charge in [0.05, 0.1) is 6.20 Å². The molecule has 0 aliphatic heterocycles. The average molecular weight is 175 g/mol. The first kappa shape index (κ1) is 7.89. The molecule has 1 aromatic heterocycles. The van der Waals surface area contributed by atoms with Gasteiger partial charge in [-0.3, -0.25) is 4.55 Å². The van der Waals surface area contributed by atoms with Crippen molar-refractivity contribution in [3.63, 3.8) is 0 Å². The Labute approximate surface area is 62.8 Å². The Bertz CT molecular complexity index is 361. The van der Waals surface area contributed by atoms with E-state index in [0.29, 0.717) is 0 Å². The van der Waals surface area contributed by atoms with Crippen LogP contribution in [0, 0.1) is 0 Å². The van der Waals surface area contributed by atoms with Gasteiger partial charge in [0.25, 0.3) is 10.1 Å². The highest BCUT2D eigenvalue weighted by Crippen LogP contribution is 2.11. The third kappa shape index (κ3) is 1.63. The molecule has 11 heavy (non-hydrogen) atoms. The van der Waals surface area contributed by atoms with E-state index in [2.05, 4.69) is 9.97 Å². The molecule has 0 amide bonds. The van der Waals surface area contributed by atoms with E-state index in [-0.39, 0.29) is 5.82 Å². The fraction of sp³-hybridized carbons (Fsp3) is 0. The molecule has 1 aromatic rings. The maximum Gasteiger partial charge on any atom is 0.299 e. The van der Waals surface area contributed by atoms with E-state index in [1.54, 1.807) is 0 Å². The Balaban J connectivity index is 3.37. The van der Waals surface area contributed by atoms with Gasteiger partial charge in [0.1, 0.15) is 12.1 Å². The highest BCUT2D eigenvalue weighted by atomic mass is 32.2. The maximum atomic E-state index is 10.4. The van der Waals surface area contributed by atoms with Crippen molar-refractivity contribution < 1.29 is 13.0 Å². The summed E-state index contributed by atoms with van der Waals surface area (Å²) in [4.78, 5) is 6.28. The van der Waals surface area contributed by atoms with Crippen LogP contribution in [0.25, 0.3) is 0 Å². The normalized spacial score (nSPS) is 11.4. The number of nitrogen functional groups attached to an aromatic ring is 1. The molecule has 0 saturated heterocycles. The molecular formula is C4H5N3O3S. The zero-order valence-corrected chi connectivity index (χ0v) is 6.11. The highest BCUT2D eigenvalue weighted by molar-refractivity contribution is 7.86. The van der Waals surface area contributed by atoms with Gasteiger partial charge in [0, 0.05) is 0 Å². The second-order valence-corrected chi connectivity index (χ2v) is 3.14. The van der Waals surface area contributed by atoms with Crippen molar-refractivity contribution in [1.82, 2.24) is 9.97 Å². The van der Waals surface area contributed by atoms with E-state index >= 15 is 0 Å². The van der Waals surface area contributed by atoms with E-state index in [4.69, 9.17) is 10.3 Å². The largest absolute Gasteiger partial charge is 0.382 e. The highest BCUT2D eigenvalue weighted by Gasteiger charge is 2.13. The summed E-state index contributed by atoms with van der Waals surface area (Å²) >= 11 is 0. The molecule has 0 atom stereocenters. The van der Waals surface area contributed by atoms with Gasteiger partial charge in [-0.05, 0) is 0 Å². The van der Waals surface area contributed by atoms with Crippen LogP contribution in [0.3, 0.4) is 0 Å². The lowest BCUT2D eigenvalue weighted by Crippen LogP contribution is -2.05. The Kier molecular flexibility index (Phi) is 1.75. The molecule has 60 valence electrons. The van der Waals surface area contributed by atoms with Gasteiger partial charge in [0.15, 0.2) is 4.90 Å². The fourth-order valence-electron chi connectivity index (χ4n) is 0.525. The van der Waals surface area contributed by atoms with Crippen LogP contribution in [0.1, 0.15) is 0 Å². The molecule has 6 nitrogen and oxygen atoms in total. The van der Waals surface area contributed by atoms with Gasteiger partial charge in [-0.15, -0.1) is 0 Å². The molecule has 0 bridgehead atoms. The van der Waals surface area contributed by atoms with Gasteiger partial charge in [-0.25, -0.2) is 9.97 Å². The number of nitrogens with zero attached hydrogens (tertiary/aromatic N) is 2. The predicted molar refractivity (Wildman–Crippen MR) is 36.3 cm³/mol. The summed E-state index contributed by atoms with van der Waals surface area (Å²) in [6, 6.07) is 0. The lowest BCUT2D eigenvalue weighted by molar-refractivity contribution is 0.483. The SMILES string of the molecule is Nc1ncncc1S(=O)(=O)O. The van der Waals surface area contributed by atoms with E-state index in [0.717, 1.165) is 12.5 Å². The molecule has 1 rings (SSSR count). The molecule has 0 aromatic carbocycles. The van der Waals surface area contributed by atoms with Crippen LogP contribution in [0.15, 0.2) is 17.4 Å². The topological polar surface area (TPSA) is 106 Å². The minimum Gasteiger partial charge on any atom is -0.382 e. The fourth-order valence-corrected chi connectivity index (χ4v) is 1.04. The quantitative estimate of drug-likeness (QED) is 0.547. The summed E-state index contributed by atoms with van der Waals surface area (Å²) < 4.78 is 29.4. The van der Waals surface area contributed by atoms with Gasteiger partial charge >= 0.3 is 0 Å². The number of hydrogen-bond donors (Lipinski definition) is 2. The zero-order valence-electron chi connectivity index (χ0n) is 5.30. The summed E-state index contributed by atoms with van der Waals surface area (Å²) in [6.45, 7) is 0. The number of rotatable bonds is 1. The molecule has 0 aliphatic carbocycles. The first-order valence-electron chi connectivity index (χ1n) is 2.55. The van der Waals surface area contributed by atoms with E-state index in [1.807, 2.05) is 0 Å². The Hall–Kier alpha value is -1.21. The molecule has 0 aliphatic rings.